The van der Waals surface area contributed by atoms with Gasteiger partial charge in [-0.3, -0.25) is 5.10 Å². The molecule has 0 aliphatic rings. The third-order valence-corrected chi connectivity index (χ3v) is 4.34. The van der Waals surface area contributed by atoms with Crippen molar-refractivity contribution in [3.63, 3.8) is 0 Å². The van der Waals surface area contributed by atoms with Crippen molar-refractivity contribution < 1.29 is 8.42 Å². The Morgan fingerprint density at radius 3 is 2.57 bits per heavy atom. The number of hydrogen-bond donors (Lipinski definition) is 3. The number of sulfonamides is 1. The molecule has 0 bridgehead atoms. The van der Waals surface area contributed by atoms with Gasteiger partial charge in [0.1, 0.15) is 12.2 Å². The number of rotatable bonds is 8. The van der Waals surface area contributed by atoms with Crippen LogP contribution in [0.25, 0.3) is 0 Å². The standard InChI is InChI=1S/C13H19N5O2S/c1-2-8-14-11-3-5-12(6-4-11)21(19,20)17-9-7-13-15-10-16-18-13/h3-6,10,14,17H,2,7-9H2,1H3,(H,15,16,18). The number of H-pyrrole nitrogens is 1. The second-order valence-electron chi connectivity index (χ2n) is 4.53. The Labute approximate surface area is 124 Å². The highest BCUT2D eigenvalue weighted by atomic mass is 32.2. The normalized spacial score (nSPS) is 11.5. The van der Waals surface area contributed by atoms with Crippen LogP contribution in [-0.4, -0.2) is 36.7 Å². The topological polar surface area (TPSA) is 99.8 Å². The van der Waals surface area contributed by atoms with Gasteiger partial charge in [-0.15, -0.1) is 0 Å². The van der Waals surface area contributed by atoms with E-state index < -0.39 is 10.0 Å². The van der Waals surface area contributed by atoms with Gasteiger partial charge in [0.05, 0.1) is 4.90 Å². The molecule has 0 unspecified atom stereocenters. The predicted octanol–water partition coefficient (Wildman–Crippen LogP) is 1.15. The summed E-state index contributed by atoms with van der Waals surface area (Å²) in [5.41, 5.74) is 0.914. The minimum Gasteiger partial charge on any atom is -0.385 e. The van der Waals surface area contributed by atoms with E-state index in [0.717, 1.165) is 18.7 Å². The summed E-state index contributed by atoms with van der Waals surface area (Å²) in [6.07, 6.45) is 2.88. The quantitative estimate of drug-likeness (QED) is 0.679. The number of aromatic nitrogens is 3. The van der Waals surface area contributed by atoms with Gasteiger partial charge in [-0.2, -0.15) is 5.10 Å². The van der Waals surface area contributed by atoms with Crippen molar-refractivity contribution in [2.45, 2.75) is 24.7 Å². The molecular formula is C13H19N5O2S. The number of nitrogens with one attached hydrogen (secondary N) is 3. The highest BCUT2D eigenvalue weighted by Gasteiger charge is 2.13. The number of hydrogen-bond acceptors (Lipinski definition) is 5. The molecule has 3 N–H and O–H groups in total. The van der Waals surface area contributed by atoms with Crippen molar-refractivity contribution in [1.82, 2.24) is 19.9 Å². The van der Waals surface area contributed by atoms with Crippen molar-refractivity contribution >= 4 is 15.7 Å². The highest BCUT2D eigenvalue weighted by molar-refractivity contribution is 7.89. The maximum Gasteiger partial charge on any atom is 0.240 e. The molecule has 0 radical (unpaired) electrons. The van der Waals surface area contributed by atoms with E-state index in [9.17, 15) is 8.42 Å². The summed E-state index contributed by atoms with van der Waals surface area (Å²) < 4.78 is 26.8. The second-order valence-corrected chi connectivity index (χ2v) is 6.30. The largest absolute Gasteiger partial charge is 0.385 e. The summed E-state index contributed by atoms with van der Waals surface area (Å²) in [7, 11) is -3.49. The molecule has 0 atom stereocenters. The van der Waals surface area contributed by atoms with Crippen molar-refractivity contribution in [3.8, 4) is 0 Å². The Kier molecular flexibility index (Phi) is 5.29. The van der Waals surface area contributed by atoms with Gasteiger partial charge in [0.15, 0.2) is 0 Å². The van der Waals surface area contributed by atoms with E-state index >= 15 is 0 Å². The van der Waals surface area contributed by atoms with Crippen LogP contribution in [0.15, 0.2) is 35.5 Å². The minimum atomic E-state index is -3.49. The first-order chi connectivity index (χ1) is 10.1. The zero-order valence-electron chi connectivity index (χ0n) is 11.8. The fourth-order valence-corrected chi connectivity index (χ4v) is 2.79. The van der Waals surface area contributed by atoms with E-state index in [1.807, 2.05) is 0 Å². The van der Waals surface area contributed by atoms with Crippen LogP contribution < -0.4 is 10.0 Å². The van der Waals surface area contributed by atoms with Crippen LogP contribution in [0.5, 0.6) is 0 Å². The van der Waals surface area contributed by atoms with Gasteiger partial charge in [0, 0.05) is 25.2 Å². The van der Waals surface area contributed by atoms with Crippen LogP contribution in [0, 0.1) is 0 Å². The molecular weight excluding hydrogens is 290 g/mol. The predicted molar refractivity (Wildman–Crippen MR) is 80.5 cm³/mol. The average Bonchev–Trinajstić information content (AvgIpc) is 2.98. The molecule has 0 fully saturated rings. The molecule has 1 aromatic carbocycles. The molecule has 0 spiro atoms. The van der Waals surface area contributed by atoms with E-state index in [1.165, 1.54) is 6.33 Å². The molecule has 2 aromatic rings. The van der Waals surface area contributed by atoms with Crippen LogP contribution in [0.1, 0.15) is 19.2 Å². The van der Waals surface area contributed by atoms with E-state index in [2.05, 4.69) is 32.1 Å². The van der Waals surface area contributed by atoms with Crippen LogP contribution in [-0.2, 0) is 16.4 Å². The molecule has 2 rings (SSSR count). The van der Waals surface area contributed by atoms with E-state index in [4.69, 9.17) is 0 Å². The Bertz CT molecular complexity index is 638. The summed E-state index contributed by atoms with van der Waals surface area (Å²) in [4.78, 5) is 4.19. The molecule has 0 aliphatic carbocycles. The first-order valence-corrected chi connectivity index (χ1v) is 8.28. The first-order valence-electron chi connectivity index (χ1n) is 6.79. The van der Waals surface area contributed by atoms with Gasteiger partial charge >= 0.3 is 0 Å². The van der Waals surface area contributed by atoms with Crippen LogP contribution in [0.3, 0.4) is 0 Å². The maximum atomic E-state index is 12.1. The van der Waals surface area contributed by atoms with Crippen molar-refractivity contribution in [3.05, 3.63) is 36.4 Å². The van der Waals surface area contributed by atoms with Gasteiger partial charge in [-0.1, -0.05) is 6.92 Å². The fourth-order valence-electron chi connectivity index (χ4n) is 1.76. The molecule has 7 nitrogen and oxygen atoms in total. The molecule has 8 heteroatoms. The van der Waals surface area contributed by atoms with Crippen LogP contribution >= 0.6 is 0 Å². The SMILES string of the molecule is CCCNc1ccc(S(=O)(=O)NCCc2ncn[nH]2)cc1. The third kappa shape index (κ3) is 4.54. The van der Waals surface area contributed by atoms with Crippen LogP contribution in [0.2, 0.25) is 0 Å². The maximum absolute atomic E-state index is 12.1. The molecule has 1 aromatic heterocycles. The van der Waals surface area contributed by atoms with Gasteiger partial charge in [-0.05, 0) is 30.7 Å². The smallest absolute Gasteiger partial charge is 0.240 e. The molecule has 0 amide bonds. The summed E-state index contributed by atoms with van der Waals surface area (Å²) in [5, 5.41) is 9.60. The minimum absolute atomic E-state index is 0.252. The third-order valence-electron chi connectivity index (χ3n) is 2.86. The van der Waals surface area contributed by atoms with Gasteiger partial charge in [0.2, 0.25) is 10.0 Å². The molecule has 1 heterocycles. The summed E-state index contributed by atoms with van der Waals surface area (Å²) in [5.74, 6) is 0.650. The van der Waals surface area contributed by atoms with Gasteiger partial charge in [0.25, 0.3) is 0 Å². The summed E-state index contributed by atoms with van der Waals surface area (Å²) in [6, 6.07) is 6.71. The zero-order valence-corrected chi connectivity index (χ0v) is 12.7. The number of nitrogens with zero attached hydrogens (tertiary/aromatic N) is 2. The van der Waals surface area contributed by atoms with E-state index in [1.54, 1.807) is 24.3 Å². The Hall–Kier alpha value is -1.93. The lowest BCUT2D eigenvalue weighted by atomic mass is 10.3. The average molecular weight is 309 g/mol. The van der Waals surface area contributed by atoms with Crippen molar-refractivity contribution in [1.29, 1.82) is 0 Å². The number of anilines is 1. The van der Waals surface area contributed by atoms with E-state index in [0.29, 0.717) is 12.2 Å². The van der Waals surface area contributed by atoms with Gasteiger partial charge < -0.3 is 5.32 Å². The molecule has 0 saturated heterocycles. The molecule has 0 saturated carbocycles. The fraction of sp³-hybridized carbons (Fsp3) is 0.385. The molecule has 0 aliphatic heterocycles. The first kappa shape index (κ1) is 15.5. The molecule has 114 valence electrons. The lowest BCUT2D eigenvalue weighted by Crippen LogP contribution is -2.26. The molecule has 21 heavy (non-hydrogen) atoms. The Morgan fingerprint density at radius 1 is 1.19 bits per heavy atom. The number of benzene rings is 1. The van der Waals surface area contributed by atoms with Crippen molar-refractivity contribution in [2.75, 3.05) is 18.4 Å². The lowest BCUT2D eigenvalue weighted by Gasteiger charge is -2.08. The van der Waals surface area contributed by atoms with Crippen LogP contribution in [0.4, 0.5) is 5.69 Å². The zero-order chi connectivity index (χ0) is 15.1. The highest BCUT2D eigenvalue weighted by Crippen LogP contribution is 2.13. The lowest BCUT2D eigenvalue weighted by molar-refractivity contribution is 0.581. The van der Waals surface area contributed by atoms with Crippen molar-refractivity contribution in [2.24, 2.45) is 0 Å². The monoisotopic (exact) mass is 309 g/mol. The second kappa shape index (κ2) is 7.19. The van der Waals surface area contributed by atoms with Gasteiger partial charge in [-0.25, -0.2) is 18.1 Å². The Balaban J connectivity index is 1.92. The summed E-state index contributed by atoms with van der Waals surface area (Å²) in [6.45, 7) is 3.21. The van der Waals surface area contributed by atoms with E-state index in [-0.39, 0.29) is 11.4 Å². The summed E-state index contributed by atoms with van der Waals surface area (Å²) >= 11 is 0. The Morgan fingerprint density at radius 2 is 1.95 bits per heavy atom. The number of aromatic amines is 1.